The molecule has 1 saturated carbocycles. The minimum Gasteiger partial charge on any atom is -0.493 e. The third-order valence-corrected chi connectivity index (χ3v) is 5.65. The summed E-state index contributed by atoms with van der Waals surface area (Å²) in [7, 11) is 1.62. The number of aryl methyl sites for hydroxylation is 1. The summed E-state index contributed by atoms with van der Waals surface area (Å²) in [5.74, 6) is 1.12. The minimum absolute atomic E-state index is 0.0501. The highest BCUT2D eigenvalue weighted by molar-refractivity contribution is 6.02. The lowest BCUT2D eigenvalue weighted by molar-refractivity contribution is 0.0934. The molecule has 1 aromatic carbocycles. The summed E-state index contributed by atoms with van der Waals surface area (Å²) in [6.45, 7) is 7.02. The third kappa shape index (κ3) is 4.47. The molecule has 0 radical (unpaired) electrons. The van der Waals surface area contributed by atoms with Crippen molar-refractivity contribution in [2.24, 2.45) is 0 Å². The van der Waals surface area contributed by atoms with Crippen molar-refractivity contribution in [1.29, 1.82) is 0 Å². The maximum absolute atomic E-state index is 12.8. The van der Waals surface area contributed by atoms with Gasteiger partial charge in [-0.2, -0.15) is 0 Å². The number of aromatic nitrogens is 1. The normalized spacial score (nSPS) is 15.2. The molecule has 1 aliphatic carbocycles. The molecule has 2 N–H and O–H groups in total. The third-order valence-electron chi connectivity index (χ3n) is 5.65. The average molecular weight is 399 g/mol. The molecule has 1 unspecified atom stereocenters. The number of nitrogens with one attached hydrogen (secondary N) is 2. The Morgan fingerprint density at radius 3 is 2.45 bits per heavy atom. The van der Waals surface area contributed by atoms with Crippen molar-refractivity contribution in [1.82, 2.24) is 10.3 Å². The number of Topliss-reactive ketones (excluding diaryl/α,β-unsaturated/α-hetero) is 1. The Kier molecular flexibility index (Phi) is 6.30. The van der Waals surface area contributed by atoms with E-state index in [1.165, 1.54) is 19.8 Å². The molecule has 1 heterocycles. The van der Waals surface area contributed by atoms with Gasteiger partial charge < -0.3 is 19.8 Å². The zero-order valence-electron chi connectivity index (χ0n) is 17.8. The molecule has 0 bridgehead atoms. The van der Waals surface area contributed by atoms with Gasteiger partial charge in [-0.25, -0.2) is 0 Å². The lowest BCUT2D eigenvalue weighted by atomic mass is 10.1. The number of amides is 1. The number of hydrogen-bond acceptors (Lipinski definition) is 4. The highest BCUT2D eigenvalue weighted by Crippen LogP contribution is 2.34. The van der Waals surface area contributed by atoms with Gasteiger partial charge in [-0.05, 0) is 76.6 Å². The van der Waals surface area contributed by atoms with Gasteiger partial charge in [0.25, 0.3) is 5.91 Å². The van der Waals surface area contributed by atoms with Crippen LogP contribution >= 0.6 is 0 Å². The maximum atomic E-state index is 12.8. The average Bonchev–Trinajstić information content (AvgIpc) is 3.29. The number of aromatic amines is 1. The van der Waals surface area contributed by atoms with Gasteiger partial charge in [-0.3, -0.25) is 9.59 Å². The molecule has 1 aromatic heterocycles. The molecule has 6 nitrogen and oxygen atoms in total. The molecule has 1 amide bonds. The molecular weight excluding hydrogens is 368 g/mol. The fraction of sp³-hybridized carbons (Fsp3) is 0.478. The SMILES string of the molecule is COc1cc(C(C)NC(=O)c2[nH]c(C)c(C(C)=O)c2C)ccc1OC1CCCC1. The lowest BCUT2D eigenvalue weighted by Gasteiger charge is -2.19. The number of methoxy groups -OCH3 is 1. The van der Waals surface area contributed by atoms with Gasteiger partial charge in [-0.1, -0.05) is 6.07 Å². The van der Waals surface area contributed by atoms with Gasteiger partial charge in [0.1, 0.15) is 5.69 Å². The van der Waals surface area contributed by atoms with E-state index in [4.69, 9.17) is 9.47 Å². The fourth-order valence-electron chi connectivity index (χ4n) is 4.09. The second kappa shape index (κ2) is 8.72. The van der Waals surface area contributed by atoms with Crippen LogP contribution in [0.1, 0.15) is 83.2 Å². The summed E-state index contributed by atoms with van der Waals surface area (Å²) in [6, 6.07) is 5.53. The molecule has 2 aromatic rings. The van der Waals surface area contributed by atoms with Crippen LogP contribution in [0.15, 0.2) is 18.2 Å². The van der Waals surface area contributed by atoms with Crippen LogP contribution in [0.25, 0.3) is 0 Å². The summed E-state index contributed by atoms with van der Waals surface area (Å²) in [4.78, 5) is 27.6. The molecule has 1 fully saturated rings. The molecule has 0 saturated heterocycles. The number of H-pyrrole nitrogens is 1. The summed E-state index contributed by atoms with van der Waals surface area (Å²) in [6.07, 6.45) is 4.82. The molecule has 0 spiro atoms. The zero-order valence-corrected chi connectivity index (χ0v) is 17.8. The van der Waals surface area contributed by atoms with Crippen molar-refractivity contribution in [3.05, 3.63) is 46.3 Å². The topological polar surface area (TPSA) is 80.4 Å². The van der Waals surface area contributed by atoms with Crippen LogP contribution in [0.4, 0.5) is 0 Å². The smallest absolute Gasteiger partial charge is 0.268 e. The van der Waals surface area contributed by atoms with Crippen LogP contribution in [0.3, 0.4) is 0 Å². The van der Waals surface area contributed by atoms with Gasteiger partial charge in [0.05, 0.1) is 19.3 Å². The standard InChI is InChI=1S/C23H30N2O4/c1-13-21(16(4)26)15(3)24-22(13)23(27)25-14(2)17-10-11-19(20(12-17)28-5)29-18-8-6-7-9-18/h10-12,14,18,24H,6-9H2,1-5H3,(H,25,27). The number of carbonyl (C=O) groups excluding carboxylic acids is 2. The molecule has 29 heavy (non-hydrogen) atoms. The fourth-order valence-corrected chi connectivity index (χ4v) is 4.09. The van der Waals surface area contributed by atoms with E-state index in [0.29, 0.717) is 28.3 Å². The van der Waals surface area contributed by atoms with Crippen LogP contribution in [0.2, 0.25) is 0 Å². The van der Waals surface area contributed by atoms with Crippen molar-refractivity contribution < 1.29 is 19.1 Å². The van der Waals surface area contributed by atoms with E-state index in [2.05, 4.69) is 10.3 Å². The highest BCUT2D eigenvalue weighted by Gasteiger charge is 2.22. The van der Waals surface area contributed by atoms with Crippen LogP contribution in [0.5, 0.6) is 11.5 Å². The second-order valence-corrected chi connectivity index (χ2v) is 7.81. The summed E-state index contributed by atoms with van der Waals surface area (Å²) in [5, 5.41) is 3.00. The van der Waals surface area contributed by atoms with Crippen molar-refractivity contribution in [2.75, 3.05) is 7.11 Å². The molecule has 6 heteroatoms. The number of ketones is 1. The molecule has 0 aliphatic heterocycles. The Labute approximate surface area is 172 Å². The van der Waals surface area contributed by atoms with Crippen molar-refractivity contribution in [3.8, 4) is 11.5 Å². The Bertz CT molecular complexity index is 910. The molecule has 1 aliphatic rings. The first-order valence-corrected chi connectivity index (χ1v) is 10.2. The van der Waals surface area contributed by atoms with Gasteiger partial charge in [-0.15, -0.1) is 0 Å². The zero-order chi connectivity index (χ0) is 21.1. The van der Waals surface area contributed by atoms with E-state index in [0.717, 1.165) is 24.2 Å². The lowest BCUT2D eigenvalue weighted by Crippen LogP contribution is -2.27. The number of benzene rings is 1. The largest absolute Gasteiger partial charge is 0.493 e. The van der Waals surface area contributed by atoms with Crippen LogP contribution in [-0.4, -0.2) is 29.9 Å². The first-order valence-electron chi connectivity index (χ1n) is 10.2. The predicted molar refractivity (Wildman–Crippen MR) is 112 cm³/mol. The van der Waals surface area contributed by atoms with E-state index in [9.17, 15) is 9.59 Å². The van der Waals surface area contributed by atoms with E-state index in [-0.39, 0.29) is 23.8 Å². The number of rotatable bonds is 7. The number of hydrogen-bond donors (Lipinski definition) is 2. The Morgan fingerprint density at radius 1 is 1.17 bits per heavy atom. The molecule has 1 atom stereocenters. The van der Waals surface area contributed by atoms with Gasteiger partial charge in [0, 0.05) is 11.3 Å². The summed E-state index contributed by atoms with van der Waals surface area (Å²) in [5.41, 5.74) is 3.31. The van der Waals surface area contributed by atoms with E-state index in [1.807, 2.05) is 25.1 Å². The Morgan fingerprint density at radius 2 is 1.86 bits per heavy atom. The van der Waals surface area contributed by atoms with Crippen LogP contribution in [0, 0.1) is 13.8 Å². The monoisotopic (exact) mass is 398 g/mol. The van der Waals surface area contributed by atoms with E-state index in [1.54, 1.807) is 21.0 Å². The van der Waals surface area contributed by atoms with Gasteiger partial charge >= 0.3 is 0 Å². The first-order chi connectivity index (χ1) is 13.8. The number of ether oxygens (including phenoxy) is 2. The van der Waals surface area contributed by atoms with Crippen LogP contribution < -0.4 is 14.8 Å². The van der Waals surface area contributed by atoms with E-state index >= 15 is 0 Å². The van der Waals surface area contributed by atoms with Crippen LogP contribution in [-0.2, 0) is 0 Å². The molecular formula is C23H30N2O4. The van der Waals surface area contributed by atoms with Crippen molar-refractivity contribution in [3.63, 3.8) is 0 Å². The van der Waals surface area contributed by atoms with E-state index < -0.39 is 0 Å². The summed E-state index contributed by atoms with van der Waals surface area (Å²) < 4.78 is 11.6. The second-order valence-electron chi connectivity index (χ2n) is 7.81. The Balaban J connectivity index is 1.74. The first kappa shape index (κ1) is 21.0. The maximum Gasteiger partial charge on any atom is 0.268 e. The predicted octanol–water partition coefficient (Wildman–Crippen LogP) is 4.66. The highest BCUT2D eigenvalue weighted by atomic mass is 16.5. The minimum atomic E-state index is -0.240. The van der Waals surface area contributed by atoms with Crippen molar-refractivity contribution >= 4 is 11.7 Å². The van der Waals surface area contributed by atoms with Gasteiger partial charge in [0.2, 0.25) is 0 Å². The summed E-state index contributed by atoms with van der Waals surface area (Å²) >= 11 is 0. The molecule has 156 valence electrons. The molecule has 3 rings (SSSR count). The Hall–Kier alpha value is -2.76. The van der Waals surface area contributed by atoms with Gasteiger partial charge in [0.15, 0.2) is 17.3 Å². The number of carbonyl (C=O) groups is 2. The quantitative estimate of drug-likeness (QED) is 0.665. The van der Waals surface area contributed by atoms with Crippen molar-refractivity contribution in [2.45, 2.75) is 65.5 Å².